The Morgan fingerprint density at radius 2 is 1.61 bits per heavy atom. The van der Waals surface area contributed by atoms with Crippen LogP contribution in [0.25, 0.3) is 5.57 Å². The fourth-order valence-electron chi connectivity index (χ4n) is 5.45. The van der Waals surface area contributed by atoms with Crippen LogP contribution in [0.1, 0.15) is 73.0 Å². The van der Waals surface area contributed by atoms with Gasteiger partial charge >= 0.3 is 0 Å². The number of carbonyl (C=O) groups excluding carboxylic acids is 2. The van der Waals surface area contributed by atoms with Crippen molar-refractivity contribution in [2.45, 2.75) is 52.4 Å². The van der Waals surface area contributed by atoms with E-state index in [0.29, 0.717) is 33.6 Å². The van der Waals surface area contributed by atoms with E-state index in [4.69, 9.17) is 27.8 Å². The van der Waals surface area contributed by atoms with Gasteiger partial charge in [0.15, 0.2) is 0 Å². The van der Waals surface area contributed by atoms with Crippen LogP contribution in [-0.4, -0.2) is 37.1 Å². The summed E-state index contributed by atoms with van der Waals surface area (Å²) in [5.74, 6) is -1.16. The van der Waals surface area contributed by atoms with Crippen molar-refractivity contribution in [3.8, 4) is 0 Å². The van der Waals surface area contributed by atoms with Crippen LogP contribution in [0, 0.1) is 11.3 Å². The summed E-state index contributed by atoms with van der Waals surface area (Å²) in [6.45, 7) is 6.68. The minimum Gasteiger partial charge on any atom is -0.351 e. The third kappa shape index (κ3) is 9.66. The van der Waals surface area contributed by atoms with Crippen molar-refractivity contribution in [2.75, 3.05) is 17.6 Å². The minimum absolute atomic E-state index is 0.209. The van der Waals surface area contributed by atoms with Gasteiger partial charge in [0.05, 0.1) is 11.7 Å². The molecule has 44 heavy (non-hydrogen) atoms. The first-order valence-corrected chi connectivity index (χ1v) is 16.9. The SMILES string of the molecule is CC(C)(C)C1CC=C(c2ccc(C(Cc3ccc(C(=O)NCCS(=O)(=O)O)cc3)C(=O)Nc3cc(Cl)cc(Cl)c3)cc2)CC1. The fourth-order valence-corrected chi connectivity index (χ4v) is 6.34. The smallest absolute Gasteiger partial charge is 0.266 e. The number of anilines is 1. The molecule has 1 aliphatic carbocycles. The molecule has 0 radical (unpaired) electrons. The lowest BCUT2D eigenvalue weighted by Gasteiger charge is -2.33. The van der Waals surface area contributed by atoms with Crippen LogP contribution in [0.5, 0.6) is 0 Å². The lowest BCUT2D eigenvalue weighted by atomic mass is 9.72. The summed E-state index contributed by atoms with van der Waals surface area (Å²) in [5, 5.41) is 6.24. The molecule has 0 fully saturated rings. The minimum atomic E-state index is -4.17. The Labute approximate surface area is 269 Å². The molecule has 3 N–H and O–H groups in total. The summed E-state index contributed by atoms with van der Waals surface area (Å²) in [5.41, 5.74) is 5.27. The van der Waals surface area contributed by atoms with Gasteiger partial charge in [-0.2, -0.15) is 8.42 Å². The topological polar surface area (TPSA) is 113 Å². The zero-order valence-electron chi connectivity index (χ0n) is 25.1. The van der Waals surface area contributed by atoms with E-state index in [9.17, 15) is 18.0 Å². The summed E-state index contributed by atoms with van der Waals surface area (Å²) in [4.78, 5) is 26.1. The quantitative estimate of drug-likeness (QED) is 0.193. The van der Waals surface area contributed by atoms with E-state index in [1.807, 2.05) is 12.1 Å². The van der Waals surface area contributed by atoms with Gasteiger partial charge in [-0.15, -0.1) is 0 Å². The van der Waals surface area contributed by atoms with Gasteiger partial charge in [0.1, 0.15) is 0 Å². The molecule has 10 heteroatoms. The van der Waals surface area contributed by atoms with E-state index >= 15 is 0 Å². The normalized spacial score (nSPS) is 16.1. The first-order valence-electron chi connectivity index (χ1n) is 14.6. The fraction of sp³-hybridized carbons (Fsp3) is 0.353. The largest absolute Gasteiger partial charge is 0.351 e. The molecule has 0 bridgehead atoms. The monoisotopic (exact) mass is 656 g/mol. The Kier molecular flexibility index (Phi) is 10.9. The number of benzene rings is 3. The molecule has 0 spiro atoms. The average molecular weight is 658 g/mol. The molecule has 2 amide bonds. The molecule has 2 unspecified atom stereocenters. The molecular formula is C34H38Cl2N2O5S. The van der Waals surface area contributed by atoms with E-state index in [0.717, 1.165) is 36.0 Å². The second-order valence-electron chi connectivity index (χ2n) is 12.3. The maximum Gasteiger partial charge on any atom is 0.266 e. The molecule has 3 aromatic carbocycles. The maximum atomic E-state index is 13.7. The molecule has 0 aromatic heterocycles. The van der Waals surface area contributed by atoms with E-state index in [-0.39, 0.29) is 17.9 Å². The summed E-state index contributed by atoms with van der Waals surface area (Å²) >= 11 is 12.3. The van der Waals surface area contributed by atoms with E-state index < -0.39 is 27.7 Å². The number of carbonyl (C=O) groups is 2. The molecule has 3 aromatic rings. The Morgan fingerprint density at radius 3 is 2.16 bits per heavy atom. The number of hydrogen-bond donors (Lipinski definition) is 3. The van der Waals surface area contributed by atoms with Gasteiger partial charge in [0.25, 0.3) is 16.0 Å². The Hall–Kier alpha value is -3.17. The predicted octanol–water partition coefficient (Wildman–Crippen LogP) is 7.81. The lowest BCUT2D eigenvalue weighted by molar-refractivity contribution is -0.117. The number of allylic oxidation sites excluding steroid dienone is 2. The van der Waals surface area contributed by atoms with Crippen molar-refractivity contribution in [3.63, 3.8) is 0 Å². The highest BCUT2D eigenvalue weighted by molar-refractivity contribution is 7.85. The van der Waals surface area contributed by atoms with Crippen LogP contribution in [-0.2, 0) is 21.3 Å². The van der Waals surface area contributed by atoms with Gasteiger partial charge in [-0.25, -0.2) is 0 Å². The summed E-state index contributed by atoms with van der Waals surface area (Å²) < 4.78 is 30.7. The van der Waals surface area contributed by atoms with Gasteiger partial charge in [0.2, 0.25) is 5.91 Å². The van der Waals surface area contributed by atoms with Crippen molar-refractivity contribution < 1.29 is 22.6 Å². The summed E-state index contributed by atoms with van der Waals surface area (Å²) in [6, 6.07) is 19.8. The van der Waals surface area contributed by atoms with Crippen molar-refractivity contribution in [3.05, 3.63) is 105 Å². The number of hydrogen-bond acceptors (Lipinski definition) is 4. The highest BCUT2D eigenvalue weighted by Gasteiger charge is 2.27. The predicted molar refractivity (Wildman–Crippen MR) is 178 cm³/mol. The highest BCUT2D eigenvalue weighted by atomic mass is 35.5. The molecule has 2 atom stereocenters. The first kappa shape index (κ1) is 33.7. The van der Waals surface area contributed by atoms with Crippen LogP contribution in [0.15, 0.2) is 72.8 Å². The molecule has 234 valence electrons. The Balaban J connectivity index is 1.53. The van der Waals surface area contributed by atoms with E-state index in [2.05, 4.69) is 49.6 Å². The third-order valence-electron chi connectivity index (χ3n) is 8.07. The van der Waals surface area contributed by atoms with E-state index in [1.165, 1.54) is 5.57 Å². The van der Waals surface area contributed by atoms with Crippen LogP contribution in [0.3, 0.4) is 0 Å². The Morgan fingerprint density at radius 1 is 0.977 bits per heavy atom. The van der Waals surface area contributed by atoms with Crippen LogP contribution in [0.2, 0.25) is 10.0 Å². The standard InChI is InChI=1S/C34H38Cl2N2O5S/c1-34(2,3)27-14-12-24(13-15-27)23-8-10-25(11-9-23)31(33(40)38-30-20-28(35)19-29(36)21-30)18-22-4-6-26(7-5-22)32(39)37-16-17-44(41,42)43/h4-12,19-21,27,31H,13-18H2,1-3H3,(H,37,39)(H,38,40)(H,41,42,43). The molecule has 1 aliphatic rings. The number of amides is 2. The molecule has 0 saturated carbocycles. The molecular weight excluding hydrogens is 619 g/mol. The van der Waals surface area contributed by atoms with Crippen molar-refractivity contribution in [1.29, 1.82) is 0 Å². The molecule has 0 saturated heterocycles. The number of halogens is 2. The summed E-state index contributed by atoms with van der Waals surface area (Å²) in [7, 11) is -4.17. The van der Waals surface area contributed by atoms with Crippen molar-refractivity contribution in [1.82, 2.24) is 5.32 Å². The molecule has 4 rings (SSSR count). The van der Waals surface area contributed by atoms with Gasteiger partial charge < -0.3 is 10.6 Å². The maximum absolute atomic E-state index is 13.7. The first-order chi connectivity index (χ1) is 20.7. The second-order valence-corrected chi connectivity index (χ2v) is 14.8. The highest BCUT2D eigenvalue weighted by Crippen LogP contribution is 2.40. The van der Waals surface area contributed by atoms with Crippen molar-refractivity contribution in [2.24, 2.45) is 11.3 Å². The third-order valence-corrected chi connectivity index (χ3v) is 9.22. The van der Waals surface area contributed by atoms with Crippen LogP contribution in [0.4, 0.5) is 5.69 Å². The van der Waals surface area contributed by atoms with Gasteiger partial charge in [-0.05, 0) is 89.6 Å². The van der Waals surface area contributed by atoms with Gasteiger partial charge in [0, 0.05) is 27.8 Å². The van der Waals surface area contributed by atoms with Gasteiger partial charge in [-0.3, -0.25) is 14.1 Å². The second kappa shape index (κ2) is 14.3. The van der Waals surface area contributed by atoms with E-state index in [1.54, 1.807) is 42.5 Å². The zero-order valence-corrected chi connectivity index (χ0v) is 27.4. The van der Waals surface area contributed by atoms with Gasteiger partial charge in [-0.1, -0.05) is 86.4 Å². The van der Waals surface area contributed by atoms with Crippen LogP contribution >= 0.6 is 23.2 Å². The van der Waals surface area contributed by atoms with Crippen molar-refractivity contribution >= 4 is 56.4 Å². The molecule has 7 nitrogen and oxygen atoms in total. The number of rotatable bonds is 10. The Bertz CT molecular complexity index is 1610. The number of nitrogens with one attached hydrogen (secondary N) is 2. The average Bonchev–Trinajstić information content (AvgIpc) is 2.94. The molecule has 0 heterocycles. The lowest BCUT2D eigenvalue weighted by Crippen LogP contribution is -2.28. The zero-order chi connectivity index (χ0) is 32.1. The summed E-state index contributed by atoms with van der Waals surface area (Å²) in [6.07, 6.45) is 5.94. The van der Waals surface area contributed by atoms with Crippen LogP contribution < -0.4 is 10.6 Å². The molecule has 0 aliphatic heterocycles.